The first-order valence-corrected chi connectivity index (χ1v) is 7.83. The van der Waals surface area contributed by atoms with Crippen LogP contribution < -0.4 is 0 Å². The molecule has 0 saturated heterocycles. The normalized spacial score (nSPS) is 25.1. The molecular weight excluding hydrogens is 260 g/mol. The van der Waals surface area contributed by atoms with Crippen LogP contribution in [0.15, 0.2) is 35.1 Å². The topological polar surface area (TPSA) is 26.3 Å². The first kappa shape index (κ1) is 17.7. The molecule has 0 saturated carbocycles. The van der Waals surface area contributed by atoms with Crippen molar-refractivity contribution in [3.05, 3.63) is 35.1 Å². The van der Waals surface area contributed by atoms with E-state index in [2.05, 4.69) is 46.8 Å². The molecule has 0 aliphatic heterocycles. The minimum absolute atomic E-state index is 0.0188. The smallest absolute Gasteiger partial charge is 0.162 e. The van der Waals surface area contributed by atoms with E-state index < -0.39 is 0 Å². The molecule has 1 aliphatic rings. The molecule has 0 fully saturated rings. The summed E-state index contributed by atoms with van der Waals surface area (Å²) < 4.78 is 5.37. The van der Waals surface area contributed by atoms with Crippen molar-refractivity contribution in [2.45, 2.75) is 60.3 Å². The van der Waals surface area contributed by atoms with E-state index in [-0.39, 0.29) is 17.1 Å². The number of hydrogen-bond donors (Lipinski definition) is 0. The van der Waals surface area contributed by atoms with Gasteiger partial charge >= 0.3 is 0 Å². The monoisotopic (exact) mass is 290 g/mol. The molecule has 0 aromatic carbocycles. The quantitative estimate of drug-likeness (QED) is 0.627. The van der Waals surface area contributed by atoms with Gasteiger partial charge < -0.3 is 4.74 Å². The largest absolute Gasteiger partial charge is 0.501 e. The summed E-state index contributed by atoms with van der Waals surface area (Å²) in [7, 11) is 1.66. The zero-order chi connectivity index (χ0) is 16.0. The lowest BCUT2D eigenvalue weighted by molar-refractivity contribution is -0.123. The molecule has 21 heavy (non-hydrogen) atoms. The molecule has 0 amide bonds. The number of hydrogen-bond acceptors (Lipinski definition) is 2. The molecular formula is C19H30O2. The highest BCUT2D eigenvalue weighted by Crippen LogP contribution is 2.45. The number of methoxy groups -OCH3 is 1. The Balaban J connectivity index is 2.97. The first-order chi connectivity index (χ1) is 9.78. The predicted molar refractivity (Wildman–Crippen MR) is 89.0 cm³/mol. The Labute approximate surface area is 130 Å². The minimum atomic E-state index is -0.0188. The van der Waals surface area contributed by atoms with E-state index >= 15 is 0 Å². The van der Waals surface area contributed by atoms with Crippen LogP contribution in [0.25, 0.3) is 0 Å². The van der Waals surface area contributed by atoms with Crippen LogP contribution in [0.5, 0.6) is 0 Å². The number of allylic oxidation sites excluding steroid dienone is 6. The lowest BCUT2D eigenvalue weighted by atomic mass is 9.65. The highest BCUT2D eigenvalue weighted by molar-refractivity contribution is 5.93. The summed E-state index contributed by atoms with van der Waals surface area (Å²) in [6.45, 7) is 10.7. The summed E-state index contributed by atoms with van der Waals surface area (Å²) in [4.78, 5) is 12.5. The molecule has 0 radical (unpaired) electrons. The summed E-state index contributed by atoms with van der Waals surface area (Å²) in [5, 5.41) is 0. The fourth-order valence-corrected chi connectivity index (χ4v) is 3.01. The highest BCUT2D eigenvalue weighted by atomic mass is 16.5. The van der Waals surface area contributed by atoms with Gasteiger partial charge in [-0.05, 0) is 52.4 Å². The van der Waals surface area contributed by atoms with Crippen LogP contribution in [-0.2, 0) is 9.53 Å². The average molecular weight is 290 g/mol. The Morgan fingerprint density at radius 1 is 1.29 bits per heavy atom. The van der Waals surface area contributed by atoms with Crippen LogP contribution >= 0.6 is 0 Å². The lowest BCUT2D eigenvalue weighted by Gasteiger charge is -2.39. The maximum absolute atomic E-state index is 12.5. The molecule has 2 heteroatoms. The van der Waals surface area contributed by atoms with Gasteiger partial charge in [-0.15, -0.1) is 0 Å². The van der Waals surface area contributed by atoms with Gasteiger partial charge in [0.05, 0.1) is 12.9 Å². The molecule has 0 unspecified atom stereocenters. The molecule has 2 nitrogen and oxygen atoms in total. The molecule has 118 valence electrons. The summed E-state index contributed by atoms with van der Waals surface area (Å²) in [6.07, 6.45) is 9.88. The minimum Gasteiger partial charge on any atom is -0.501 e. The summed E-state index contributed by atoms with van der Waals surface area (Å²) in [5.41, 5.74) is 2.59. The van der Waals surface area contributed by atoms with Crippen LogP contribution in [0, 0.1) is 11.3 Å². The molecule has 0 N–H and O–H groups in total. The number of carbonyl (C=O) groups excluding carboxylic acids is 1. The van der Waals surface area contributed by atoms with Gasteiger partial charge in [0.15, 0.2) is 5.78 Å². The van der Waals surface area contributed by atoms with E-state index in [0.717, 1.165) is 31.4 Å². The van der Waals surface area contributed by atoms with E-state index in [1.54, 1.807) is 13.2 Å². The van der Waals surface area contributed by atoms with E-state index in [4.69, 9.17) is 4.74 Å². The van der Waals surface area contributed by atoms with Crippen molar-refractivity contribution in [3.8, 4) is 0 Å². The Hall–Kier alpha value is -1.31. The second-order valence-corrected chi connectivity index (χ2v) is 6.94. The van der Waals surface area contributed by atoms with Gasteiger partial charge in [0, 0.05) is 18.4 Å². The van der Waals surface area contributed by atoms with Gasteiger partial charge in [-0.2, -0.15) is 0 Å². The molecule has 1 aliphatic carbocycles. The summed E-state index contributed by atoms with van der Waals surface area (Å²) >= 11 is 0. The third-order valence-corrected chi connectivity index (χ3v) is 4.36. The third-order valence-electron chi connectivity index (χ3n) is 4.36. The Morgan fingerprint density at radius 2 is 1.90 bits per heavy atom. The standard InChI is InChI=1S/C19H30O2/c1-14(2)8-7-11-19(5)13-16(21-6)12-18(20)17(19)10-9-15(3)4/h8-9,12,17H,7,10-11,13H2,1-6H3/t17-,19-/m0/s1. The van der Waals surface area contributed by atoms with Crippen molar-refractivity contribution in [2.24, 2.45) is 11.3 Å². The van der Waals surface area contributed by atoms with Gasteiger partial charge in [-0.1, -0.05) is 30.2 Å². The Kier molecular flexibility index (Phi) is 6.44. The summed E-state index contributed by atoms with van der Waals surface area (Å²) in [6, 6.07) is 0. The molecule has 1 rings (SSSR count). The number of carbonyl (C=O) groups is 1. The van der Waals surface area contributed by atoms with Crippen molar-refractivity contribution in [1.29, 1.82) is 0 Å². The SMILES string of the molecule is COC1=CC(=O)[C@H](CC=C(C)C)[C@@](C)(CCC=C(C)C)C1. The Bertz CT molecular complexity index is 460. The zero-order valence-electron chi connectivity index (χ0n) is 14.5. The molecule has 0 bridgehead atoms. The van der Waals surface area contributed by atoms with E-state index in [1.807, 2.05) is 0 Å². The van der Waals surface area contributed by atoms with E-state index in [9.17, 15) is 4.79 Å². The molecule has 0 aromatic rings. The molecule has 2 atom stereocenters. The van der Waals surface area contributed by atoms with Gasteiger partial charge in [0.2, 0.25) is 0 Å². The van der Waals surface area contributed by atoms with Crippen molar-refractivity contribution in [2.75, 3.05) is 7.11 Å². The van der Waals surface area contributed by atoms with Crippen LogP contribution in [0.2, 0.25) is 0 Å². The fourth-order valence-electron chi connectivity index (χ4n) is 3.01. The highest BCUT2D eigenvalue weighted by Gasteiger charge is 2.41. The van der Waals surface area contributed by atoms with Crippen molar-refractivity contribution < 1.29 is 9.53 Å². The van der Waals surface area contributed by atoms with Crippen LogP contribution in [0.3, 0.4) is 0 Å². The number of ketones is 1. The van der Waals surface area contributed by atoms with Gasteiger partial charge in [-0.25, -0.2) is 0 Å². The van der Waals surface area contributed by atoms with Gasteiger partial charge in [0.25, 0.3) is 0 Å². The van der Waals surface area contributed by atoms with Crippen molar-refractivity contribution in [1.82, 2.24) is 0 Å². The lowest BCUT2D eigenvalue weighted by Crippen LogP contribution is -2.36. The third kappa shape index (κ3) is 5.18. The van der Waals surface area contributed by atoms with Crippen molar-refractivity contribution in [3.63, 3.8) is 0 Å². The van der Waals surface area contributed by atoms with Gasteiger partial charge in [-0.3, -0.25) is 4.79 Å². The van der Waals surface area contributed by atoms with Crippen molar-refractivity contribution >= 4 is 5.78 Å². The van der Waals surface area contributed by atoms with E-state index in [1.165, 1.54) is 11.1 Å². The molecule has 0 spiro atoms. The zero-order valence-corrected chi connectivity index (χ0v) is 14.5. The van der Waals surface area contributed by atoms with Crippen LogP contribution in [-0.4, -0.2) is 12.9 Å². The molecule has 0 heterocycles. The second-order valence-electron chi connectivity index (χ2n) is 6.94. The first-order valence-electron chi connectivity index (χ1n) is 7.83. The Morgan fingerprint density at radius 3 is 2.43 bits per heavy atom. The molecule has 0 aromatic heterocycles. The van der Waals surface area contributed by atoms with Crippen LogP contribution in [0.1, 0.15) is 60.3 Å². The average Bonchev–Trinajstić information content (AvgIpc) is 2.36. The maximum Gasteiger partial charge on any atom is 0.162 e. The second kappa shape index (κ2) is 7.63. The van der Waals surface area contributed by atoms with Crippen LogP contribution in [0.4, 0.5) is 0 Å². The summed E-state index contributed by atoms with van der Waals surface area (Å²) in [5.74, 6) is 1.11. The fraction of sp³-hybridized carbons (Fsp3) is 0.632. The maximum atomic E-state index is 12.5. The number of rotatable bonds is 6. The number of ether oxygens (including phenoxy) is 1. The van der Waals surface area contributed by atoms with Gasteiger partial charge in [0.1, 0.15) is 0 Å². The predicted octanol–water partition coefficient (Wildman–Crippen LogP) is 5.21. The van der Waals surface area contributed by atoms with E-state index in [0.29, 0.717) is 0 Å².